The van der Waals surface area contributed by atoms with Crippen molar-refractivity contribution in [3.05, 3.63) is 48.4 Å². The number of aromatic nitrogens is 5. The van der Waals surface area contributed by atoms with Crippen LogP contribution in [0, 0.1) is 6.92 Å². The van der Waals surface area contributed by atoms with Gasteiger partial charge in [0.25, 0.3) is 5.91 Å². The standard InChI is InChI=1S/C27H33N9O3/c1-17-21(10-18(12-29-17)33-24(37)16-35-7-4-6-27(35,2)3)34-25(38)19(11-28)22-14-31-23(15-30-22)20-13-32-36-8-5-9-39-26(20)36/h10-15H,4-9,16,28H2,1-3H3,(H,33,37)(H,34,38)/b19-11+. The smallest absolute Gasteiger partial charge is 0.259 e. The van der Waals surface area contributed by atoms with Crippen LogP contribution in [-0.4, -0.2) is 66.7 Å². The van der Waals surface area contributed by atoms with E-state index in [-0.39, 0.29) is 17.0 Å². The largest absolute Gasteiger partial charge is 0.477 e. The monoisotopic (exact) mass is 531 g/mol. The number of likely N-dealkylation sites (tertiary alicyclic amines) is 1. The molecular weight excluding hydrogens is 498 g/mol. The van der Waals surface area contributed by atoms with Crippen molar-refractivity contribution < 1.29 is 14.3 Å². The summed E-state index contributed by atoms with van der Waals surface area (Å²) in [7, 11) is 0. The Morgan fingerprint density at radius 2 is 1.95 bits per heavy atom. The molecule has 5 rings (SSSR count). The van der Waals surface area contributed by atoms with E-state index in [0.717, 1.165) is 37.9 Å². The Morgan fingerprint density at radius 1 is 1.10 bits per heavy atom. The van der Waals surface area contributed by atoms with Gasteiger partial charge < -0.3 is 21.1 Å². The molecule has 0 spiro atoms. The first-order chi connectivity index (χ1) is 18.7. The highest BCUT2D eigenvalue weighted by Crippen LogP contribution is 2.31. The van der Waals surface area contributed by atoms with E-state index in [2.05, 4.69) is 49.4 Å². The molecule has 1 fully saturated rings. The zero-order valence-corrected chi connectivity index (χ0v) is 22.4. The van der Waals surface area contributed by atoms with Gasteiger partial charge in [0.05, 0.1) is 77.5 Å². The van der Waals surface area contributed by atoms with Crippen LogP contribution in [0.5, 0.6) is 5.88 Å². The second-order valence-corrected chi connectivity index (χ2v) is 10.4. The number of hydrogen-bond acceptors (Lipinski definition) is 9. The average Bonchev–Trinajstić information content (AvgIpc) is 3.49. The predicted molar refractivity (Wildman–Crippen MR) is 147 cm³/mol. The molecule has 204 valence electrons. The molecule has 4 N–H and O–H groups in total. The summed E-state index contributed by atoms with van der Waals surface area (Å²) in [6.45, 7) is 8.67. The van der Waals surface area contributed by atoms with Crippen LogP contribution in [0.1, 0.15) is 44.5 Å². The van der Waals surface area contributed by atoms with E-state index >= 15 is 0 Å². The summed E-state index contributed by atoms with van der Waals surface area (Å²) in [6, 6.07) is 1.68. The van der Waals surface area contributed by atoms with Gasteiger partial charge in [-0.25, -0.2) is 4.68 Å². The molecule has 39 heavy (non-hydrogen) atoms. The summed E-state index contributed by atoms with van der Waals surface area (Å²) in [6.07, 6.45) is 10.6. The van der Waals surface area contributed by atoms with Crippen molar-refractivity contribution in [2.24, 2.45) is 5.73 Å². The molecule has 3 aromatic heterocycles. The number of aryl methyl sites for hydroxylation is 2. The van der Waals surface area contributed by atoms with Crippen molar-refractivity contribution in [2.45, 2.75) is 52.1 Å². The lowest BCUT2D eigenvalue weighted by Gasteiger charge is -2.30. The number of nitrogens with two attached hydrogens (primary N) is 1. The zero-order chi connectivity index (χ0) is 27.6. The Bertz CT molecular complexity index is 1410. The third-order valence-electron chi connectivity index (χ3n) is 7.19. The average molecular weight is 532 g/mol. The number of fused-ring (bicyclic) bond motifs is 1. The van der Waals surface area contributed by atoms with E-state index in [1.165, 1.54) is 12.4 Å². The highest BCUT2D eigenvalue weighted by Gasteiger charge is 2.33. The number of rotatable bonds is 7. The van der Waals surface area contributed by atoms with Crippen LogP contribution in [0.25, 0.3) is 16.8 Å². The highest BCUT2D eigenvalue weighted by atomic mass is 16.5. The topological polar surface area (TPSA) is 153 Å². The van der Waals surface area contributed by atoms with Crippen molar-refractivity contribution in [1.29, 1.82) is 0 Å². The third-order valence-corrected chi connectivity index (χ3v) is 7.19. The number of hydrogen-bond donors (Lipinski definition) is 3. The molecule has 0 saturated carbocycles. The molecule has 12 nitrogen and oxygen atoms in total. The van der Waals surface area contributed by atoms with Crippen LogP contribution in [0.3, 0.4) is 0 Å². The van der Waals surface area contributed by atoms with Crippen LogP contribution in [0.4, 0.5) is 11.4 Å². The summed E-state index contributed by atoms with van der Waals surface area (Å²) < 4.78 is 7.54. The number of nitrogens with one attached hydrogen (secondary N) is 2. The molecule has 2 aliphatic rings. The van der Waals surface area contributed by atoms with Gasteiger partial charge in [-0.15, -0.1) is 0 Å². The summed E-state index contributed by atoms with van der Waals surface area (Å²) in [5.41, 5.74) is 9.13. The number of pyridine rings is 1. The molecule has 0 atom stereocenters. The summed E-state index contributed by atoms with van der Waals surface area (Å²) in [4.78, 5) is 41.2. The minimum Gasteiger partial charge on any atom is -0.477 e. The van der Waals surface area contributed by atoms with Gasteiger partial charge in [-0.05, 0) is 46.2 Å². The molecule has 0 aliphatic carbocycles. The fraction of sp³-hybridized carbons (Fsp3) is 0.407. The maximum absolute atomic E-state index is 13.2. The lowest BCUT2D eigenvalue weighted by atomic mass is 10.0. The van der Waals surface area contributed by atoms with Crippen molar-refractivity contribution in [3.63, 3.8) is 0 Å². The minimum absolute atomic E-state index is 0.000269. The number of amides is 2. The Labute approximate surface area is 226 Å². The quantitative estimate of drug-likeness (QED) is 0.390. The molecular formula is C27H33N9O3. The molecule has 5 heterocycles. The molecule has 3 aromatic rings. The SMILES string of the molecule is Cc1ncc(NC(=O)CN2CCCC2(C)C)cc1NC(=O)/C(=C/N)c1cnc(-c2cnn3c2OCCC3)cn1. The fourth-order valence-electron chi connectivity index (χ4n) is 4.88. The maximum atomic E-state index is 13.2. The first-order valence-electron chi connectivity index (χ1n) is 13.0. The minimum atomic E-state index is -0.474. The van der Waals surface area contributed by atoms with E-state index < -0.39 is 5.91 Å². The van der Waals surface area contributed by atoms with E-state index in [0.29, 0.717) is 47.5 Å². The van der Waals surface area contributed by atoms with Crippen LogP contribution in [-0.2, 0) is 16.1 Å². The van der Waals surface area contributed by atoms with Crippen LogP contribution < -0.4 is 21.1 Å². The van der Waals surface area contributed by atoms with Gasteiger partial charge >= 0.3 is 0 Å². The van der Waals surface area contributed by atoms with Crippen LogP contribution in [0.15, 0.2) is 37.1 Å². The number of carbonyl (C=O) groups is 2. The van der Waals surface area contributed by atoms with Crippen molar-refractivity contribution >= 4 is 28.8 Å². The van der Waals surface area contributed by atoms with Gasteiger partial charge in [-0.1, -0.05) is 0 Å². The molecule has 0 unspecified atom stereocenters. The number of carbonyl (C=O) groups excluding carboxylic acids is 2. The first kappa shape index (κ1) is 26.3. The molecule has 1 saturated heterocycles. The second kappa shape index (κ2) is 10.8. The Morgan fingerprint density at radius 3 is 2.67 bits per heavy atom. The lowest BCUT2D eigenvalue weighted by molar-refractivity contribution is -0.118. The van der Waals surface area contributed by atoms with Gasteiger partial charge in [-0.3, -0.25) is 29.4 Å². The second-order valence-electron chi connectivity index (χ2n) is 10.4. The molecule has 2 aliphatic heterocycles. The Hall–Kier alpha value is -4.32. The van der Waals surface area contributed by atoms with Gasteiger partial charge in [0.1, 0.15) is 0 Å². The van der Waals surface area contributed by atoms with E-state index in [1.54, 1.807) is 36.3 Å². The normalized spacial score (nSPS) is 16.8. The van der Waals surface area contributed by atoms with Gasteiger partial charge in [0, 0.05) is 24.7 Å². The molecule has 0 radical (unpaired) electrons. The summed E-state index contributed by atoms with van der Waals surface area (Å²) in [5.74, 6) is 0.0589. The van der Waals surface area contributed by atoms with Crippen molar-refractivity contribution in [2.75, 3.05) is 30.3 Å². The highest BCUT2D eigenvalue weighted by molar-refractivity contribution is 6.24. The number of anilines is 2. The summed E-state index contributed by atoms with van der Waals surface area (Å²) >= 11 is 0. The summed E-state index contributed by atoms with van der Waals surface area (Å²) in [5, 5.41) is 10.1. The maximum Gasteiger partial charge on any atom is 0.259 e. The van der Waals surface area contributed by atoms with E-state index in [1.807, 2.05) is 0 Å². The van der Waals surface area contributed by atoms with Gasteiger partial charge in [-0.2, -0.15) is 5.10 Å². The van der Waals surface area contributed by atoms with Gasteiger partial charge in [0.2, 0.25) is 11.8 Å². The lowest BCUT2D eigenvalue weighted by Crippen LogP contribution is -2.42. The van der Waals surface area contributed by atoms with Gasteiger partial charge in [0.15, 0.2) is 0 Å². The van der Waals surface area contributed by atoms with E-state index in [9.17, 15) is 9.59 Å². The Kier molecular flexibility index (Phi) is 7.29. The third kappa shape index (κ3) is 5.60. The molecule has 0 aromatic carbocycles. The number of ether oxygens (including phenoxy) is 1. The molecule has 12 heteroatoms. The van der Waals surface area contributed by atoms with E-state index in [4.69, 9.17) is 10.5 Å². The zero-order valence-electron chi connectivity index (χ0n) is 22.4. The number of nitrogens with zero attached hydrogens (tertiary/aromatic N) is 6. The first-order valence-corrected chi connectivity index (χ1v) is 13.0. The van der Waals surface area contributed by atoms with Crippen molar-refractivity contribution in [3.8, 4) is 17.1 Å². The molecule has 0 bridgehead atoms. The predicted octanol–water partition coefficient (Wildman–Crippen LogP) is 2.58. The van der Waals surface area contributed by atoms with Crippen LogP contribution in [0.2, 0.25) is 0 Å². The molecule has 2 amide bonds. The fourth-order valence-corrected chi connectivity index (χ4v) is 4.88. The van der Waals surface area contributed by atoms with Crippen molar-refractivity contribution in [1.82, 2.24) is 29.6 Å². The van der Waals surface area contributed by atoms with Crippen LogP contribution >= 0.6 is 0 Å². The Balaban J connectivity index is 1.26.